The SMILES string of the molecule is CCCN(C)C(=O)NC1CCC(CCN2CCN(c3cc(-c4ccc(F)cc4)cc(N4CCOCC4)n3)CC2)CC1. The summed E-state index contributed by atoms with van der Waals surface area (Å²) >= 11 is 0. The Kier molecular flexibility index (Phi) is 10.3. The number of morpholine rings is 1. The predicted molar refractivity (Wildman–Crippen MR) is 163 cm³/mol. The molecule has 0 bridgehead atoms. The number of halogens is 1. The lowest BCUT2D eigenvalue weighted by Gasteiger charge is -2.37. The summed E-state index contributed by atoms with van der Waals surface area (Å²) in [4.78, 5) is 26.5. The van der Waals surface area contributed by atoms with Crippen LogP contribution in [0, 0.1) is 11.7 Å². The Hall–Kier alpha value is -2.91. The molecule has 9 heteroatoms. The zero-order chi connectivity index (χ0) is 28.6. The van der Waals surface area contributed by atoms with Crippen molar-refractivity contribution in [3.05, 3.63) is 42.2 Å². The van der Waals surface area contributed by atoms with Gasteiger partial charge in [0.25, 0.3) is 0 Å². The fraction of sp³-hybridized carbons (Fsp3) is 0.625. The molecule has 1 saturated carbocycles. The monoisotopic (exact) mass is 566 g/mol. The number of piperazine rings is 1. The van der Waals surface area contributed by atoms with Gasteiger partial charge in [-0.3, -0.25) is 4.90 Å². The third kappa shape index (κ3) is 8.10. The van der Waals surface area contributed by atoms with Crippen LogP contribution in [0.3, 0.4) is 0 Å². The molecular weight excluding hydrogens is 519 g/mol. The van der Waals surface area contributed by atoms with E-state index in [4.69, 9.17) is 9.72 Å². The first-order chi connectivity index (χ1) is 20.0. The van der Waals surface area contributed by atoms with Crippen LogP contribution in [0.25, 0.3) is 11.1 Å². The van der Waals surface area contributed by atoms with Crippen LogP contribution >= 0.6 is 0 Å². The quantitative estimate of drug-likeness (QED) is 0.469. The Morgan fingerprint density at radius 3 is 2.22 bits per heavy atom. The van der Waals surface area contributed by atoms with Crippen LogP contribution in [-0.4, -0.2) is 99.5 Å². The number of urea groups is 1. The normalized spacial score (nSPS) is 22.0. The summed E-state index contributed by atoms with van der Waals surface area (Å²) in [6.45, 7) is 11.1. The number of aromatic nitrogens is 1. The zero-order valence-electron chi connectivity index (χ0n) is 24.9. The second-order valence-corrected chi connectivity index (χ2v) is 11.9. The molecule has 0 spiro atoms. The predicted octanol–water partition coefficient (Wildman–Crippen LogP) is 4.85. The molecule has 2 aromatic rings. The van der Waals surface area contributed by atoms with E-state index in [2.05, 4.69) is 39.1 Å². The lowest BCUT2D eigenvalue weighted by Crippen LogP contribution is -2.47. The van der Waals surface area contributed by atoms with Gasteiger partial charge < -0.3 is 24.8 Å². The molecule has 0 atom stereocenters. The number of nitrogens with zero attached hydrogens (tertiary/aromatic N) is 5. The van der Waals surface area contributed by atoms with Crippen LogP contribution in [0.4, 0.5) is 20.8 Å². The van der Waals surface area contributed by atoms with E-state index in [1.807, 2.05) is 19.2 Å². The highest BCUT2D eigenvalue weighted by molar-refractivity contribution is 5.74. The van der Waals surface area contributed by atoms with Gasteiger partial charge in [-0.15, -0.1) is 0 Å². The van der Waals surface area contributed by atoms with Crippen molar-refractivity contribution in [2.75, 3.05) is 82.4 Å². The van der Waals surface area contributed by atoms with Crippen molar-refractivity contribution in [1.29, 1.82) is 0 Å². The first-order valence-electron chi connectivity index (χ1n) is 15.6. The maximum atomic E-state index is 13.6. The summed E-state index contributed by atoms with van der Waals surface area (Å²) in [5.74, 6) is 2.50. The molecule has 1 aromatic carbocycles. The van der Waals surface area contributed by atoms with Gasteiger partial charge in [0, 0.05) is 58.9 Å². The number of carbonyl (C=O) groups excluding carboxylic acids is 1. The lowest BCUT2D eigenvalue weighted by atomic mass is 9.84. The van der Waals surface area contributed by atoms with E-state index in [-0.39, 0.29) is 11.8 Å². The van der Waals surface area contributed by atoms with E-state index in [1.165, 1.54) is 31.4 Å². The molecule has 2 aliphatic heterocycles. The van der Waals surface area contributed by atoms with Gasteiger partial charge in [0.2, 0.25) is 0 Å². The van der Waals surface area contributed by atoms with Crippen LogP contribution in [0.1, 0.15) is 45.4 Å². The Morgan fingerprint density at radius 2 is 1.59 bits per heavy atom. The number of hydrogen-bond donors (Lipinski definition) is 1. The number of anilines is 2. The number of benzene rings is 1. The number of pyridine rings is 1. The number of carbonyl (C=O) groups is 1. The standard InChI is InChI=1S/C32H47FN6O2/c1-3-13-36(2)32(40)34-29-10-4-25(5-11-29)12-14-37-15-17-38(18-16-37)30-23-27(26-6-8-28(33)9-7-26)24-31(35-30)39-19-21-41-22-20-39/h6-9,23-25,29H,3-5,10-22H2,1-2H3,(H,34,40). The molecule has 5 rings (SSSR count). The molecule has 8 nitrogen and oxygen atoms in total. The maximum absolute atomic E-state index is 13.6. The number of rotatable bonds is 9. The van der Waals surface area contributed by atoms with Gasteiger partial charge in [-0.25, -0.2) is 14.2 Å². The first-order valence-corrected chi connectivity index (χ1v) is 15.6. The fourth-order valence-corrected chi connectivity index (χ4v) is 6.31. The molecule has 1 N–H and O–H groups in total. The number of amides is 2. The molecular formula is C32H47FN6O2. The minimum atomic E-state index is -0.220. The Morgan fingerprint density at radius 1 is 0.951 bits per heavy atom. The van der Waals surface area contributed by atoms with Crippen molar-refractivity contribution in [2.24, 2.45) is 5.92 Å². The number of nitrogens with one attached hydrogen (secondary N) is 1. The van der Waals surface area contributed by atoms with Crippen molar-refractivity contribution in [3.8, 4) is 11.1 Å². The second-order valence-electron chi connectivity index (χ2n) is 11.9. The topological polar surface area (TPSA) is 64.2 Å². The molecule has 2 saturated heterocycles. The van der Waals surface area contributed by atoms with Crippen LogP contribution in [0.5, 0.6) is 0 Å². The minimum absolute atomic E-state index is 0.0722. The van der Waals surface area contributed by atoms with E-state index in [0.717, 1.165) is 100 Å². The molecule has 3 heterocycles. The zero-order valence-corrected chi connectivity index (χ0v) is 24.9. The van der Waals surface area contributed by atoms with E-state index in [0.29, 0.717) is 19.3 Å². The molecule has 0 radical (unpaired) electrons. The summed E-state index contributed by atoms with van der Waals surface area (Å²) in [6.07, 6.45) is 6.80. The summed E-state index contributed by atoms with van der Waals surface area (Å²) in [6, 6.07) is 11.4. The molecule has 41 heavy (non-hydrogen) atoms. The van der Waals surface area contributed by atoms with Crippen molar-refractivity contribution >= 4 is 17.7 Å². The molecule has 3 aliphatic rings. The largest absolute Gasteiger partial charge is 0.378 e. The average molecular weight is 567 g/mol. The smallest absolute Gasteiger partial charge is 0.317 e. The van der Waals surface area contributed by atoms with E-state index in [9.17, 15) is 9.18 Å². The lowest BCUT2D eigenvalue weighted by molar-refractivity contribution is 0.122. The summed E-state index contributed by atoms with van der Waals surface area (Å²) in [5, 5.41) is 3.23. The maximum Gasteiger partial charge on any atom is 0.317 e. The highest BCUT2D eigenvalue weighted by Gasteiger charge is 2.25. The summed E-state index contributed by atoms with van der Waals surface area (Å²) in [5.41, 5.74) is 2.08. The number of hydrogen-bond acceptors (Lipinski definition) is 6. The first kappa shape index (κ1) is 29.6. The summed E-state index contributed by atoms with van der Waals surface area (Å²) in [7, 11) is 1.88. The van der Waals surface area contributed by atoms with Gasteiger partial charge >= 0.3 is 6.03 Å². The van der Waals surface area contributed by atoms with Gasteiger partial charge in [0.1, 0.15) is 17.5 Å². The van der Waals surface area contributed by atoms with Gasteiger partial charge in [-0.1, -0.05) is 19.1 Å². The van der Waals surface area contributed by atoms with Gasteiger partial charge in [0.05, 0.1) is 13.2 Å². The Balaban J connectivity index is 1.12. The van der Waals surface area contributed by atoms with E-state index < -0.39 is 0 Å². The van der Waals surface area contributed by atoms with Crippen LogP contribution in [0.15, 0.2) is 36.4 Å². The Labute approximate surface area is 244 Å². The molecule has 224 valence electrons. The van der Waals surface area contributed by atoms with Crippen LogP contribution in [-0.2, 0) is 4.74 Å². The van der Waals surface area contributed by atoms with Crippen molar-refractivity contribution < 1.29 is 13.9 Å². The van der Waals surface area contributed by atoms with Gasteiger partial charge in [-0.2, -0.15) is 0 Å². The number of ether oxygens (including phenoxy) is 1. The van der Waals surface area contributed by atoms with E-state index >= 15 is 0 Å². The molecule has 1 aliphatic carbocycles. The third-order valence-corrected chi connectivity index (χ3v) is 8.94. The minimum Gasteiger partial charge on any atom is -0.378 e. The van der Waals surface area contributed by atoms with Crippen molar-refractivity contribution in [3.63, 3.8) is 0 Å². The fourth-order valence-electron chi connectivity index (χ4n) is 6.31. The summed E-state index contributed by atoms with van der Waals surface area (Å²) < 4.78 is 19.2. The van der Waals surface area contributed by atoms with Crippen molar-refractivity contribution in [2.45, 2.75) is 51.5 Å². The molecule has 1 aromatic heterocycles. The van der Waals surface area contributed by atoms with Crippen LogP contribution in [0.2, 0.25) is 0 Å². The second kappa shape index (κ2) is 14.3. The van der Waals surface area contributed by atoms with Gasteiger partial charge in [-0.05, 0) is 86.4 Å². The Bertz CT molecular complexity index is 1110. The molecule has 3 fully saturated rings. The van der Waals surface area contributed by atoms with Gasteiger partial charge in [0.15, 0.2) is 0 Å². The average Bonchev–Trinajstić information content (AvgIpc) is 3.01. The van der Waals surface area contributed by atoms with E-state index in [1.54, 1.807) is 4.90 Å². The highest BCUT2D eigenvalue weighted by atomic mass is 19.1. The third-order valence-electron chi connectivity index (χ3n) is 8.94. The van der Waals surface area contributed by atoms with Crippen molar-refractivity contribution in [1.82, 2.24) is 20.1 Å². The molecule has 0 unspecified atom stereocenters. The van der Waals surface area contributed by atoms with Crippen LogP contribution < -0.4 is 15.1 Å². The molecule has 2 amide bonds. The highest BCUT2D eigenvalue weighted by Crippen LogP contribution is 2.30.